The third-order valence-electron chi connectivity index (χ3n) is 2.63. The fourth-order valence-electron chi connectivity index (χ4n) is 1.61. The number of anilines is 1. The number of hydrogen-bond acceptors (Lipinski definition) is 4. The molecule has 0 atom stereocenters. The zero-order valence-corrected chi connectivity index (χ0v) is 12.7. The highest BCUT2D eigenvalue weighted by atomic mass is 35.5. The van der Waals surface area contributed by atoms with E-state index in [1.807, 2.05) is 0 Å². The molecule has 0 aliphatic heterocycles. The molecule has 0 heterocycles. The normalized spacial score (nSPS) is 10.3. The first-order chi connectivity index (χ1) is 10.5. The first-order valence-corrected chi connectivity index (χ1v) is 7.45. The topological polar surface area (TPSA) is 72.2 Å². The van der Waals surface area contributed by atoms with E-state index in [1.54, 1.807) is 18.2 Å². The first-order valence-electron chi connectivity index (χ1n) is 6.08. The van der Waals surface area contributed by atoms with Crippen molar-refractivity contribution in [2.24, 2.45) is 0 Å². The predicted octanol–water partition coefficient (Wildman–Crippen LogP) is 4.12. The molecule has 0 radical (unpaired) electrons. The summed E-state index contributed by atoms with van der Waals surface area (Å²) in [6.45, 7) is 0. The Morgan fingerprint density at radius 3 is 2.68 bits per heavy atom. The summed E-state index contributed by atoms with van der Waals surface area (Å²) in [6.07, 6.45) is 0. The molecule has 0 saturated carbocycles. The standard InChI is InChI=1S/C14H10ClFN2O3S/c15-10-7-9(18(20)21)5-6-12(10)17-14(19)8-22-13-4-2-1-3-11(13)16/h1-7H,8H2,(H,17,19). The summed E-state index contributed by atoms with van der Waals surface area (Å²) < 4.78 is 13.4. The SMILES string of the molecule is O=C(CSc1ccccc1F)Nc1ccc([N+](=O)[O-])cc1Cl. The van der Waals surface area contributed by atoms with Crippen molar-refractivity contribution in [2.45, 2.75) is 4.90 Å². The molecule has 2 aromatic rings. The predicted molar refractivity (Wildman–Crippen MR) is 83.9 cm³/mol. The molecule has 0 spiro atoms. The lowest BCUT2D eigenvalue weighted by atomic mass is 10.3. The van der Waals surface area contributed by atoms with Gasteiger partial charge in [0.25, 0.3) is 5.69 Å². The van der Waals surface area contributed by atoms with E-state index in [4.69, 9.17) is 11.6 Å². The van der Waals surface area contributed by atoms with Gasteiger partial charge in [-0.2, -0.15) is 0 Å². The number of benzene rings is 2. The molecule has 0 bridgehead atoms. The summed E-state index contributed by atoms with van der Waals surface area (Å²) in [5.41, 5.74) is 0.107. The van der Waals surface area contributed by atoms with Crippen molar-refractivity contribution in [2.75, 3.05) is 11.1 Å². The molecule has 0 aromatic heterocycles. The second-order valence-electron chi connectivity index (χ2n) is 4.19. The van der Waals surface area contributed by atoms with E-state index in [-0.39, 0.29) is 28.1 Å². The number of non-ortho nitro benzene ring substituents is 1. The molecular weight excluding hydrogens is 331 g/mol. The van der Waals surface area contributed by atoms with Crippen LogP contribution in [0.2, 0.25) is 5.02 Å². The maximum absolute atomic E-state index is 13.4. The van der Waals surface area contributed by atoms with Crippen molar-refractivity contribution < 1.29 is 14.1 Å². The highest BCUT2D eigenvalue weighted by Crippen LogP contribution is 2.27. The average Bonchev–Trinajstić information content (AvgIpc) is 2.48. The number of nitro groups is 1. The van der Waals surface area contributed by atoms with Crippen LogP contribution < -0.4 is 5.32 Å². The Morgan fingerprint density at radius 2 is 2.05 bits per heavy atom. The van der Waals surface area contributed by atoms with Gasteiger partial charge in [0.2, 0.25) is 5.91 Å². The van der Waals surface area contributed by atoms with Gasteiger partial charge in [0.15, 0.2) is 0 Å². The van der Waals surface area contributed by atoms with Crippen LogP contribution in [0, 0.1) is 15.9 Å². The molecule has 2 rings (SSSR count). The van der Waals surface area contributed by atoms with Gasteiger partial charge < -0.3 is 5.32 Å². The first kappa shape index (κ1) is 16.3. The van der Waals surface area contributed by atoms with Gasteiger partial charge in [0.1, 0.15) is 5.82 Å². The Bertz CT molecular complexity index is 727. The molecule has 0 saturated heterocycles. The lowest BCUT2D eigenvalue weighted by molar-refractivity contribution is -0.384. The number of rotatable bonds is 5. The van der Waals surface area contributed by atoms with Gasteiger partial charge in [-0.15, -0.1) is 11.8 Å². The zero-order valence-electron chi connectivity index (χ0n) is 11.1. The summed E-state index contributed by atoms with van der Waals surface area (Å²) in [6, 6.07) is 9.88. The van der Waals surface area contributed by atoms with E-state index in [0.717, 1.165) is 17.8 Å². The molecule has 0 fully saturated rings. The molecule has 0 aliphatic rings. The van der Waals surface area contributed by atoms with Crippen molar-refractivity contribution >= 4 is 40.6 Å². The van der Waals surface area contributed by atoms with Crippen molar-refractivity contribution in [3.05, 3.63) is 63.4 Å². The number of nitro benzene ring substituents is 1. The summed E-state index contributed by atoms with van der Waals surface area (Å²) in [4.78, 5) is 22.2. The largest absolute Gasteiger partial charge is 0.324 e. The van der Waals surface area contributed by atoms with Gasteiger partial charge in [0, 0.05) is 17.0 Å². The van der Waals surface area contributed by atoms with Crippen LogP contribution in [0.4, 0.5) is 15.8 Å². The lowest BCUT2D eigenvalue weighted by Gasteiger charge is -2.07. The fraction of sp³-hybridized carbons (Fsp3) is 0.0714. The molecule has 22 heavy (non-hydrogen) atoms. The van der Waals surface area contributed by atoms with Crippen LogP contribution in [0.25, 0.3) is 0 Å². The van der Waals surface area contributed by atoms with E-state index in [2.05, 4.69) is 5.32 Å². The molecule has 8 heteroatoms. The molecule has 5 nitrogen and oxygen atoms in total. The second kappa shape index (κ2) is 7.24. The van der Waals surface area contributed by atoms with E-state index in [0.29, 0.717) is 4.90 Å². The van der Waals surface area contributed by atoms with Crippen LogP contribution in [0.1, 0.15) is 0 Å². The van der Waals surface area contributed by atoms with E-state index < -0.39 is 10.7 Å². The van der Waals surface area contributed by atoms with Gasteiger partial charge in [-0.05, 0) is 18.2 Å². The number of thioether (sulfide) groups is 1. The highest BCUT2D eigenvalue weighted by molar-refractivity contribution is 8.00. The monoisotopic (exact) mass is 340 g/mol. The molecule has 1 amide bonds. The number of amides is 1. The number of hydrogen-bond donors (Lipinski definition) is 1. The minimum Gasteiger partial charge on any atom is -0.324 e. The number of carbonyl (C=O) groups is 1. The minimum atomic E-state index is -0.578. The minimum absolute atomic E-state index is 0.00570. The van der Waals surface area contributed by atoms with Crippen molar-refractivity contribution in [3.8, 4) is 0 Å². The molecular formula is C14H10ClFN2O3S. The highest BCUT2D eigenvalue weighted by Gasteiger charge is 2.12. The van der Waals surface area contributed by atoms with Crippen LogP contribution in [0.3, 0.4) is 0 Å². The fourth-order valence-corrected chi connectivity index (χ4v) is 2.57. The zero-order chi connectivity index (χ0) is 16.1. The third-order valence-corrected chi connectivity index (χ3v) is 3.99. The third kappa shape index (κ3) is 4.19. The summed E-state index contributed by atoms with van der Waals surface area (Å²) in [7, 11) is 0. The van der Waals surface area contributed by atoms with Gasteiger partial charge in [0.05, 0.1) is 21.4 Å². The van der Waals surface area contributed by atoms with Gasteiger partial charge in [-0.1, -0.05) is 23.7 Å². The maximum Gasteiger partial charge on any atom is 0.271 e. The molecule has 0 unspecified atom stereocenters. The Hall–Kier alpha value is -2.12. The van der Waals surface area contributed by atoms with Crippen molar-refractivity contribution in [1.82, 2.24) is 0 Å². The summed E-state index contributed by atoms with van der Waals surface area (Å²) in [5.74, 6) is -0.786. The Kier molecular flexibility index (Phi) is 5.35. The smallest absolute Gasteiger partial charge is 0.271 e. The van der Waals surface area contributed by atoms with E-state index in [1.165, 1.54) is 18.2 Å². The van der Waals surface area contributed by atoms with E-state index >= 15 is 0 Å². The quantitative estimate of drug-likeness (QED) is 0.505. The van der Waals surface area contributed by atoms with Crippen molar-refractivity contribution in [3.63, 3.8) is 0 Å². The molecule has 114 valence electrons. The molecule has 0 aliphatic carbocycles. The Morgan fingerprint density at radius 1 is 1.32 bits per heavy atom. The second-order valence-corrected chi connectivity index (χ2v) is 5.61. The summed E-state index contributed by atoms with van der Waals surface area (Å²) in [5, 5.41) is 13.2. The average molecular weight is 341 g/mol. The van der Waals surface area contributed by atoms with Crippen LogP contribution in [0.15, 0.2) is 47.4 Å². The molecule has 1 N–H and O–H groups in total. The Balaban J connectivity index is 1.98. The van der Waals surface area contributed by atoms with Gasteiger partial charge in [-0.3, -0.25) is 14.9 Å². The number of carbonyl (C=O) groups excluding carboxylic acids is 1. The van der Waals surface area contributed by atoms with Crippen LogP contribution in [-0.2, 0) is 4.79 Å². The van der Waals surface area contributed by atoms with Crippen LogP contribution in [0.5, 0.6) is 0 Å². The number of nitrogens with zero attached hydrogens (tertiary/aromatic N) is 1. The summed E-state index contributed by atoms with van der Waals surface area (Å²) >= 11 is 6.92. The maximum atomic E-state index is 13.4. The van der Waals surface area contributed by atoms with E-state index in [9.17, 15) is 19.3 Å². The Labute approximate surface area is 134 Å². The van der Waals surface area contributed by atoms with Crippen LogP contribution in [-0.4, -0.2) is 16.6 Å². The molecule has 2 aromatic carbocycles. The number of halogens is 2. The number of nitrogens with one attached hydrogen (secondary N) is 1. The van der Waals surface area contributed by atoms with Crippen molar-refractivity contribution in [1.29, 1.82) is 0 Å². The van der Waals surface area contributed by atoms with Gasteiger partial charge >= 0.3 is 0 Å². The lowest BCUT2D eigenvalue weighted by Crippen LogP contribution is -2.14. The van der Waals surface area contributed by atoms with Gasteiger partial charge in [-0.25, -0.2) is 4.39 Å². The van der Waals surface area contributed by atoms with Crippen LogP contribution >= 0.6 is 23.4 Å².